The van der Waals surface area contributed by atoms with E-state index in [9.17, 15) is 24.4 Å². The molecule has 2 atom stereocenters. The molecule has 4 amide bonds. The fourth-order valence-electron chi connectivity index (χ4n) is 4.27. The highest BCUT2D eigenvalue weighted by Gasteiger charge is 2.37. The van der Waals surface area contributed by atoms with E-state index in [4.69, 9.17) is 10.5 Å². The molecule has 0 radical (unpaired) electrons. The maximum Gasteiger partial charge on any atom is 0.408 e. The third-order valence-electron chi connectivity index (χ3n) is 6.21. The predicted octanol–water partition coefficient (Wildman–Crippen LogP) is 4.11. The van der Waals surface area contributed by atoms with Crippen LogP contribution in [0.2, 0.25) is 0 Å². The SMILES string of the molecule is Cc1ccc(C)c(C(C(=O)Nc2c(C)cccc2C)N(CC#N)C(=O)C(CCC(N)=O)NC(=O)OC(C)(C)C)c1. The van der Waals surface area contributed by atoms with Crippen LogP contribution in [0.3, 0.4) is 0 Å². The Bertz CT molecular complexity index is 1290. The Morgan fingerprint density at radius 2 is 1.65 bits per heavy atom. The Kier molecular flexibility index (Phi) is 10.8. The fraction of sp³-hybridized carbons (Fsp3) is 0.433. The second-order valence-corrected chi connectivity index (χ2v) is 10.8. The molecule has 0 aliphatic carbocycles. The van der Waals surface area contributed by atoms with Crippen molar-refractivity contribution in [1.29, 1.82) is 5.26 Å². The monoisotopic (exact) mass is 549 g/mol. The third kappa shape index (κ3) is 8.83. The number of ether oxygens (including phenoxy) is 1. The lowest BCUT2D eigenvalue weighted by molar-refractivity contribution is -0.140. The molecule has 2 rings (SSSR count). The zero-order valence-corrected chi connectivity index (χ0v) is 24.3. The van der Waals surface area contributed by atoms with E-state index in [0.717, 1.165) is 27.2 Å². The number of amides is 4. The second-order valence-electron chi connectivity index (χ2n) is 10.8. The molecule has 214 valence electrons. The summed E-state index contributed by atoms with van der Waals surface area (Å²) in [4.78, 5) is 53.3. The molecule has 2 aromatic rings. The van der Waals surface area contributed by atoms with Gasteiger partial charge >= 0.3 is 6.09 Å². The molecule has 0 aromatic heterocycles. The van der Waals surface area contributed by atoms with Crippen molar-refractivity contribution in [3.8, 4) is 6.07 Å². The van der Waals surface area contributed by atoms with Gasteiger partial charge in [0.15, 0.2) is 0 Å². The van der Waals surface area contributed by atoms with E-state index in [1.165, 1.54) is 0 Å². The molecule has 10 heteroatoms. The second kappa shape index (κ2) is 13.6. The quantitative estimate of drug-likeness (QED) is 0.379. The molecule has 0 heterocycles. The molecule has 0 aliphatic rings. The molecule has 2 aromatic carbocycles. The van der Waals surface area contributed by atoms with Crippen molar-refractivity contribution in [2.75, 3.05) is 11.9 Å². The van der Waals surface area contributed by atoms with Crippen molar-refractivity contribution in [1.82, 2.24) is 10.2 Å². The lowest BCUT2D eigenvalue weighted by Gasteiger charge is -2.34. The topological polar surface area (TPSA) is 155 Å². The number of carbonyl (C=O) groups excluding carboxylic acids is 4. The van der Waals surface area contributed by atoms with Gasteiger partial charge in [0.2, 0.25) is 11.8 Å². The molecule has 2 unspecified atom stereocenters. The number of hydrogen-bond donors (Lipinski definition) is 3. The summed E-state index contributed by atoms with van der Waals surface area (Å²) < 4.78 is 5.32. The number of nitrogens with zero attached hydrogens (tertiary/aromatic N) is 2. The van der Waals surface area contributed by atoms with Crippen LogP contribution in [0.4, 0.5) is 10.5 Å². The normalized spacial score (nSPS) is 12.4. The van der Waals surface area contributed by atoms with E-state index in [1.54, 1.807) is 26.8 Å². The summed E-state index contributed by atoms with van der Waals surface area (Å²) in [6, 6.07) is 10.6. The van der Waals surface area contributed by atoms with E-state index in [1.807, 2.05) is 64.1 Å². The maximum absolute atomic E-state index is 14.0. The molecule has 0 aliphatic heterocycles. The first-order valence-corrected chi connectivity index (χ1v) is 13.0. The van der Waals surface area contributed by atoms with Crippen molar-refractivity contribution >= 4 is 29.5 Å². The minimum Gasteiger partial charge on any atom is -0.444 e. The zero-order valence-electron chi connectivity index (χ0n) is 24.3. The van der Waals surface area contributed by atoms with Gasteiger partial charge < -0.3 is 26.0 Å². The Labute approximate surface area is 235 Å². The molecule has 0 bridgehead atoms. The largest absolute Gasteiger partial charge is 0.444 e. The maximum atomic E-state index is 14.0. The molecule has 0 fully saturated rings. The van der Waals surface area contributed by atoms with Gasteiger partial charge in [0.25, 0.3) is 5.91 Å². The highest BCUT2D eigenvalue weighted by Crippen LogP contribution is 2.29. The first-order valence-electron chi connectivity index (χ1n) is 13.0. The number of nitrogens with two attached hydrogens (primary N) is 1. The van der Waals surface area contributed by atoms with Gasteiger partial charge in [0.1, 0.15) is 24.2 Å². The van der Waals surface area contributed by atoms with Crippen LogP contribution < -0.4 is 16.4 Å². The Hall–Kier alpha value is -4.39. The summed E-state index contributed by atoms with van der Waals surface area (Å²) in [5.74, 6) is -1.92. The number of anilines is 1. The van der Waals surface area contributed by atoms with Crippen LogP contribution in [0.5, 0.6) is 0 Å². The van der Waals surface area contributed by atoms with E-state index >= 15 is 0 Å². The van der Waals surface area contributed by atoms with Crippen molar-refractivity contribution in [3.05, 3.63) is 64.2 Å². The molecule has 40 heavy (non-hydrogen) atoms. The first kappa shape index (κ1) is 31.8. The number of nitriles is 1. The minimum atomic E-state index is -1.28. The van der Waals surface area contributed by atoms with Gasteiger partial charge in [-0.2, -0.15) is 5.26 Å². The zero-order chi connectivity index (χ0) is 30.2. The van der Waals surface area contributed by atoms with Crippen LogP contribution >= 0.6 is 0 Å². The summed E-state index contributed by atoms with van der Waals surface area (Å²) in [5, 5.41) is 15.2. The van der Waals surface area contributed by atoms with E-state index in [0.29, 0.717) is 11.3 Å². The average Bonchev–Trinajstić information content (AvgIpc) is 2.84. The summed E-state index contributed by atoms with van der Waals surface area (Å²) in [5.41, 5.74) is 8.86. The highest BCUT2D eigenvalue weighted by atomic mass is 16.6. The number of alkyl carbamates (subject to hydrolysis) is 1. The van der Waals surface area contributed by atoms with Gasteiger partial charge in [0.05, 0.1) is 6.07 Å². The van der Waals surface area contributed by atoms with Crippen molar-refractivity contribution in [2.45, 2.75) is 79.0 Å². The van der Waals surface area contributed by atoms with Crippen molar-refractivity contribution in [2.24, 2.45) is 5.73 Å². The van der Waals surface area contributed by atoms with Crippen LogP contribution in [-0.4, -0.2) is 46.9 Å². The molecule has 0 saturated carbocycles. The molecule has 0 spiro atoms. The Morgan fingerprint density at radius 3 is 2.20 bits per heavy atom. The van der Waals surface area contributed by atoms with Gasteiger partial charge in [0, 0.05) is 12.1 Å². The van der Waals surface area contributed by atoms with E-state index < -0.39 is 48.0 Å². The van der Waals surface area contributed by atoms with Crippen LogP contribution in [-0.2, 0) is 19.1 Å². The summed E-state index contributed by atoms with van der Waals surface area (Å²) >= 11 is 0. The van der Waals surface area contributed by atoms with Crippen LogP contribution in [0.25, 0.3) is 0 Å². The lowest BCUT2D eigenvalue weighted by Crippen LogP contribution is -2.52. The highest BCUT2D eigenvalue weighted by molar-refractivity contribution is 6.00. The number of hydrogen-bond acceptors (Lipinski definition) is 6. The number of primary amides is 1. The first-order chi connectivity index (χ1) is 18.6. The van der Waals surface area contributed by atoms with Crippen molar-refractivity contribution < 1.29 is 23.9 Å². The third-order valence-corrected chi connectivity index (χ3v) is 6.21. The number of nitrogens with one attached hydrogen (secondary N) is 2. The van der Waals surface area contributed by atoms with E-state index in [2.05, 4.69) is 10.6 Å². The number of carbonyl (C=O) groups is 4. The van der Waals surface area contributed by atoms with Crippen molar-refractivity contribution in [3.63, 3.8) is 0 Å². The van der Waals surface area contributed by atoms with Gasteiger partial charge in [-0.3, -0.25) is 14.4 Å². The lowest BCUT2D eigenvalue weighted by atomic mass is 9.95. The predicted molar refractivity (Wildman–Crippen MR) is 152 cm³/mol. The van der Waals surface area contributed by atoms with Gasteiger partial charge in [-0.25, -0.2) is 4.79 Å². The summed E-state index contributed by atoms with van der Waals surface area (Å²) in [7, 11) is 0. The fourth-order valence-corrected chi connectivity index (χ4v) is 4.27. The average molecular weight is 550 g/mol. The van der Waals surface area contributed by atoms with Crippen LogP contribution in [0.1, 0.15) is 67.5 Å². The smallest absolute Gasteiger partial charge is 0.408 e. The van der Waals surface area contributed by atoms with Gasteiger partial charge in [-0.15, -0.1) is 0 Å². The number of benzene rings is 2. The van der Waals surface area contributed by atoms with Gasteiger partial charge in [-0.05, 0) is 77.1 Å². The molecular formula is C30H39N5O5. The summed E-state index contributed by atoms with van der Waals surface area (Å²) in [6.07, 6.45) is -1.24. The minimum absolute atomic E-state index is 0.145. The summed E-state index contributed by atoms with van der Waals surface area (Å²) in [6.45, 7) is 11.9. The van der Waals surface area contributed by atoms with Crippen LogP contribution in [0, 0.1) is 39.0 Å². The Morgan fingerprint density at radius 1 is 1.02 bits per heavy atom. The molecule has 4 N–H and O–H groups in total. The molecular weight excluding hydrogens is 510 g/mol. The standard InChI is InChI=1S/C30H39N5O5/c1-18-11-12-19(2)22(17-18)26(27(37)34-25-20(3)9-8-10-21(25)4)35(16-15-31)28(38)23(13-14-24(32)36)33-29(39)40-30(5,6)7/h8-12,17,23,26H,13-14,16H2,1-7H3,(H2,32,36)(H,33,39)(H,34,37). The number of aryl methyl sites for hydroxylation is 4. The van der Waals surface area contributed by atoms with E-state index in [-0.39, 0.29) is 12.8 Å². The van der Waals surface area contributed by atoms with Gasteiger partial charge in [-0.1, -0.05) is 42.0 Å². The number of para-hydroxylation sites is 1. The molecule has 10 nitrogen and oxygen atoms in total. The van der Waals surface area contributed by atoms with Crippen LogP contribution in [0.15, 0.2) is 36.4 Å². The number of rotatable bonds is 10. The Balaban J connectivity index is 2.62. The molecule has 0 saturated heterocycles.